The van der Waals surface area contributed by atoms with Crippen molar-refractivity contribution in [1.82, 2.24) is 0 Å². The zero-order valence-corrected chi connectivity index (χ0v) is 12.9. The molecule has 1 amide bonds. The van der Waals surface area contributed by atoms with E-state index in [4.69, 9.17) is 15.2 Å². The Morgan fingerprint density at radius 3 is 2.35 bits per heavy atom. The number of methoxy groups -OCH3 is 1. The second-order valence-electron chi connectivity index (χ2n) is 4.50. The lowest BCUT2D eigenvalue weighted by atomic mass is 10.0. The quantitative estimate of drug-likeness (QED) is 0.756. The number of hydrogen-bond acceptors (Lipinski definition) is 4. The van der Waals surface area contributed by atoms with Crippen LogP contribution in [0.1, 0.15) is 13.8 Å². The van der Waals surface area contributed by atoms with Gasteiger partial charge in [0.2, 0.25) is 5.91 Å². The van der Waals surface area contributed by atoms with Gasteiger partial charge < -0.3 is 20.5 Å². The molecule has 2 atom stereocenters. The molecule has 0 aliphatic rings. The van der Waals surface area contributed by atoms with Crippen molar-refractivity contribution < 1.29 is 14.3 Å². The summed E-state index contributed by atoms with van der Waals surface area (Å²) in [5.41, 5.74) is 6.42. The summed E-state index contributed by atoms with van der Waals surface area (Å²) in [5, 5.41) is 2.82. The van der Waals surface area contributed by atoms with Crippen LogP contribution in [0.4, 0.5) is 5.69 Å². The van der Waals surface area contributed by atoms with Crippen LogP contribution in [-0.4, -0.2) is 32.3 Å². The van der Waals surface area contributed by atoms with Gasteiger partial charge in [0.25, 0.3) is 0 Å². The second-order valence-corrected chi connectivity index (χ2v) is 4.50. The fourth-order valence-corrected chi connectivity index (χ4v) is 1.37. The van der Waals surface area contributed by atoms with E-state index in [0.29, 0.717) is 13.2 Å². The molecule has 0 saturated heterocycles. The first-order valence-electron chi connectivity index (χ1n) is 6.33. The van der Waals surface area contributed by atoms with Gasteiger partial charge in [-0.15, -0.1) is 12.4 Å². The smallest absolute Gasteiger partial charge is 0.228 e. The number of carbonyl (C=O) groups is 1. The molecule has 1 aromatic carbocycles. The molecule has 1 aromatic rings. The summed E-state index contributed by atoms with van der Waals surface area (Å²) >= 11 is 0. The Morgan fingerprint density at radius 1 is 1.25 bits per heavy atom. The standard InChI is InChI=1S/C14H22N2O3.ClH/c1-10(11(2)15)14(17)16-12-4-6-13(7-5-12)19-9-8-18-3;/h4-7,10-11H,8-9,15H2,1-3H3,(H,16,17);1H. The molecule has 0 saturated carbocycles. The first kappa shape index (κ1) is 18.7. The fraction of sp³-hybridized carbons (Fsp3) is 0.500. The van der Waals surface area contributed by atoms with Crippen LogP contribution < -0.4 is 15.8 Å². The van der Waals surface area contributed by atoms with Crippen molar-refractivity contribution in [3.05, 3.63) is 24.3 Å². The lowest BCUT2D eigenvalue weighted by Crippen LogP contribution is -2.34. The topological polar surface area (TPSA) is 73.6 Å². The Labute approximate surface area is 126 Å². The average molecular weight is 303 g/mol. The Bertz CT molecular complexity index is 396. The van der Waals surface area contributed by atoms with Crippen molar-refractivity contribution in [2.45, 2.75) is 19.9 Å². The first-order chi connectivity index (χ1) is 9.04. The van der Waals surface area contributed by atoms with Crippen molar-refractivity contribution in [1.29, 1.82) is 0 Å². The van der Waals surface area contributed by atoms with Gasteiger partial charge >= 0.3 is 0 Å². The van der Waals surface area contributed by atoms with E-state index in [1.165, 1.54) is 0 Å². The van der Waals surface area contributed by atoms with E-state index in [9.17, 15) is 4.79 Å². The third-order valence-corrected chi connectivity index (χ3v) is 2.88. The minimum atomic E-state index is -0.224. The second kappa shape index (κ2) is 9.58. The maximum absolute atomic E-state index is 11.8. The van der Waals surface area contributed by atoms with Gasteiger partial charge in [0, 0.05) is 18.8 Å². The monoisotopic (exact) mass is 302 g/mol. The summed E-state index contributed by atoms with van der Waals surface area (Å²) in [6.45, 7) is 4.67. The number of nitrogens with one attached hydrogen (secondary N) is 1. The Hall–Kier alpha value is -1.30. The largest absolute Gasteiger partial charge is 0.491 e. The van der Waals surface area contributed by atoms with Crippen LogP contribution in [0.5, 0.6) is 5.75 Å². The van der Waals surface area contributed by atoms with E-state index >= 15 is 0 Å². The lowest BCUT2D eigenvalue weighted by Gasteiger charge is -2.15. The molecule has 0 bridgehead atoms. The highest BCUT2D eigenvalue weighted by Crippen LogP contribution is 2.16. The molecule has 0 radical (unpaired) electrons. The summed E-state index contributed by atoms with van der Waals surface area (Å²) in [6, 6.07) is 7.04. The number of carbonyl (C=O) groups excluding carboxylic acids is 1. The molecule has 0 fully saturated rings. The van der Waals surface area contributed by atoms with E-state index < -0.39 is 0 Å². The first-order valence-corrected chi connectivity index (χ1v) is 6.33. The maximum atomic E-state index is 11.8. The van der Waals surface area contributed by atoms with E-state index in [1.807, 2.05) is 26.0 Å². The molecule has 114 valence electrons. The number of rotatable bonds is 7. The molecular formula is C14H23ClN2O3. The molecule has 0 aliphatic carbocycles. The van der Waals surface area contributed by atoms with Gasteiger partial charge in [-0.25, -0.2) is 0 Å². The number of hydrogen-bond donors (Lipinski definition) is 2. The predicted octanol–water partition coefficient (Wildman–Crippen LogP) is 2.06. The summed E-state index contributed by atoms with van der Waals surface area (Å²) in [6.07, 6.45) is 0. The molecule has 0 aromatic heterocycles. The highest BCUT2D eigenvalue weighted by molar-refractivity contribution is 5.92. The molecule has 20 heavy (non-hydrogen) atoms. The number of halogens is 1. The number of nitrogens with two attached hydrogens (primary N) is 1. The molecule has 3 N–H and O–H groups in total. The van der Waals surface area contributed by atoms with Crippen molar-refractivity contribution >= 4 is 24.0 Å². The SMILES string of the molecule is COCCOc1ccc(NC(=O)C(C)C(C)N)cc1.Cl. The number of anilines is 1. The van der Waals surface area contributed by atoms with Gasteiger partial charge in [0.15, 0.2) is 0 Å². The normalized spacial score (nSPS) is 13.0. The number of benzene rings is 1. The predicted molar refractivity (Wildman–Crippen MR) is 82.5 cm³/mol. The fourth-order valence-electron chi connectivity index (χ4n) is 1.37. The van der Waals surface area contributed by atoms with Crippen molar-refractivity contribution in [3.63, 3.8) is 0 Å². The van der Waals surface area contributed by atoms with Gasteiger partial charge in [0.05, 0.1) is 12.5 Å². The molecule has 0 aliphatic heterocycles. The van der Waals surface area contributed by atoms with E-state index in [-0.39, 0.29) is 30.3 Å². The van der Waals surface area contributed by atoms with Gasteiger partial charge in [-0.05, 0) is 31.2 Å². The molecule has 5 nitrogen and oxygen atoms in total. The summed E-state index contributed by atoms with van der Waals surface area (Å²) in [7, 11) is 1.63. The zero-order valence-electron chi connectivity index (χ0n) is 12.1. The van der Waals surface area contributed by atoms with Gasteiger partial charge in [-0.3, -0.25) is 4.79 Å². The Morgan fingerprint density at radius 2 is 1.85 bits per heavy atom. The third-order valence-electron chi connectivity index (χ3n) is 2.88. The highest BCUT2D eigenvalue weighted by atomic mass is 35.5. The highest BCUT2D eigenvalue weighted by Gasteiger charge is 2.16. The number of ether oxygens (including phenoxy) is 2. The van der Waals surface area contributed by atoms with Gasteiger partial charge in [0.1, 0.15) is 12.4 Å². The van der Waals surface area contributed by atoms with Crippen LogP contribution in [0.15, 0.2) is 24.3 Å². The van der Waals surface area contributed by atoms with Crippen LogP contribution >= 0.6 is 12.4 Å². The zero-order chi connectivity index (χ0) is 14.3. The van der Waals surface area contributed by atoms with Crippen LogP contribution in [0, 0.1) is 5.92 Å². The summed E-state index contributed by atoms with van der Waals surface area (Å²) in [5.74, 6) is 0.441. The molecule has 0 heterocycles. The summed E-state index contributed by atoms with van der Waals surface area (Å²) < 4.78 is 10.3. The Kier molecular flexibility index (Phi) is 8.96. The summed E-state index contributed by atoms with van der Waals surface area (Å²) in [4.78, 5) is 11.8. The van der Waals surface area contributed by atoms with E-state index in [0.717, 1.165) is 11.4 Å². The van der Waals surface area contributed by atoms with Crippen molar-refractivity contribution in [2.75, 3.05) is 25.6 Å². The van der Waals surface area contributed by atoms with E-state index in [1.54, 1.807) is 19.2 Å². The number of amides is 1. The minimum absolute atomic E-state index is 0. The minimum Gasteiger partial charge on any atom is -0.491 e. The molecule has 2 unspecified atom stereocenters. The molecule has 6 heteroatoms. The van der Waals surface area contributed by atoms with Crippen molar-refractivity contribution in [2.24, 2.45) is 11.7 Å². The van der Waals surface area contributed by atoms with Crippen LogP contribution in [0.25, 0.3) is 0 Å². The van der Waals surface area contributed by atoms with Gasteiger partial charge in [-0.1, -0.05) is 6.92 Å². The van der Waals surface area contributed by atoms with Gasteiger partial charge in [-0.2, -0.15) is 0 Å². The molecular weight excluding hydrogens is 280 g/mol. The van der Waals surface area contributed by atoms with E-state index in [2.05, 4.69) is 5.32 Å². The Balaban J connectivity index is 0.00000361. The van der Waals surface area contributed by atoms with Crippen molar-refractivity contribution in [3.8, 4) is 5.75 Å². The average Bonchev–Trinajstić information content (AvgIpc) is 2.40. The molecule has 1 rings (SSSR count). The van der Waals surface area contributed by atoms with Crippen LogP contribution in [0.2, 0.25) is 0 Å². The maximum Gasteiger partial charge on any atom is 0.228 e. The lowest BCUT2D eigenvalue weighted by molar-refractivity contribution is -0.119. The molecule has 0 spiro atoms. The van der Waals surface area contributed by atoms with Crippen LogP contribution in [-0.2, 0) is 9.53 Å². The third kappa shape index (κ3) is 6.23. The van der Waals surface area contributed by atoms with Crippen LogP contribution in [0.3, 0.4) is 0 Å².